The lowest BCUT2D eigenvalue weighted by atomic mass is 10.1. The van der Waals surface area contributed by atoms with Crippen molar-refractivity contribution in [1.82, 2.24) is 10.2 Å². The third-order valence-electron chi connectivity index (χ3n) is 10.0. The number of nitrogens with zero attached hydrogens (tertiary/aromatic N) is 1. The molecule has 0 aromatic carbocycles. The van der Waals surface area contributed by atoms with Gasteiger partial charge in [0, 0.05) is 25.9 Å². The van der Waals surface area contributed by atoms with E-state index in [4.69, 9.17) is 14.2 Å². The second-order valence-electron chi connectivity index (χ2n) is 15.0. The minimum Gasteiger partial charge on any atom is -0.462 e. The lowest BCUT2D eigenvalue weighted by molar-refractivity contribution is -0.152. The summed E-state index contributed by atoms with van der Waals surface area (Å²) in [7, 11) is 0. The predicted molar refractivity (Wildman–Crippen MR) is 227 cm³/mol. The van der Waals surface area contributed by atoms with Crippen molar-refractivity contribution >= 4 is 18.0 Å². The van der Waals surface area contributed by atoms with Crippen LogP contribution in [0.5, 0.6) is 0 Å². The van der Waals surface area contributed by atoms with E-state index in [1.807, 2.05) is 0 Å². The van der Waals surface area contributed by atoms with Crippen molar-refractivity contribution in [2.45, 2.75) is 214 Å². The van der Waals surface area contributed by atoms with Gasteiger partial charge >= 0.3 is 18.0 Å². The first-order valence-electron chi connectivity index (χ1n) is 22.7. The van der Waals surface area contributed by atoms with Gasteiger partial charge in [0.2, 0.25) is 0 Å². The monoisotopic (exact) mass is 763 g/mol. The fraction of sp³-hybridized carbons (Fsp3) is 0.848. The van der Waals surface area contributed by atoms with E-state index < -0.39 is 12.2 Å². The normalized spacial score (nSPS) is 12.2. The number of carbonyl (C=O) groups is 3. The van der Waals surface area contributed by atoms with Crippen LogP contribution in [-0.4, -0.2) is 68.4 Å². The topological polar surface area (TPSA) is 94.2 Å². The Labute approximate surface area is 333 Å². The molecule has 316 valence electrons. The predicted octanol–water partition coefficient (Wildman–Crippen LogP) is 12.6. The molecule has 0 aromatic rings. The van der Waals surface area contributed by atoms with Crippen molar-refractivity contribution in [3.63, 3.8) is 0 Å². The summed E-state index contributed by atoms with van der Waals surface area (Å²) in [6.07, 6.45) is 39.7. The summed E-state index contributed by atoms with van der Waals surface area (Å²) >= 11 is 0. The van der Waals surface area contributed by atoms with Crippen molar-refractivity contribution in [1.29, 1.82) is 0 Å². The Morgan fingerprint density at radius 2 is 0.852 bits per heavy atom. The highest BCUT2D eigenvalue weighted by Crippen LogP contribution is 2.13. The standard InChI is InChI=1S/C46H86N2O6/c1-5-9-11-13-15-17-19-21-23-25-27-29-31-33-35-37-44(49)52-41-43(54-46(51)47-39-40-48(7-3)8-4)42-53-45(50)38-36-34-32-30-28-26-24-22-20-18-16-14-12-10-6-2/h21-24,43H,5-20,25-42H2,1-4H3,(H,47,51). The van der Waals surface area contributed by atoms with Crippen LogP contribution in [0.2, 0.25) is 0 Å². The van der Waals surface area contributed by atoms with Gasteiger partial charge in [-0.1, -0.05) is 155 Å². The largest absolute Gasteiger partial charge is 0.462 e. The van der Waals surface area contributed by atoms with Gasteiger partial charge in [0.05, 0.1) is 0 Å². The fourth-order valence-corrected chi connectivity index (χ4v) is 6.36. The van der Waals surface area contributed by atoms with E-state index in [0.717, 1.165) is 77.3 Å². The molecule has 8 nitrogen and oxygen atoms in total. The maximum Gasteiger partial charge on any atom is 0.407 e. The Hall–Kier alpha value is -2.35. The maximum atomic E-state index is 12.5. The molecule has 0 fully saturated rings. The number of esters is 2. The Morgan fingerprint density at radius 3 is 1.22 bits per heavy atom. The lowest BCUT2D eigenvalue weighted by Crippen LogP contribution is -2.39. The van der Waals surface area contributed by atoms with Gasteiger partial charge in [0.1, 0.15) is 13.2 Å². The van der Waals surface area contributed by atoms with Crippen molar-refractivity contribution in [2.24, 2.45) is 0 Å². The highest BCUT2D eigenvalue weighted by atomic mass is 16.6. The minimum atomic E-state index is -0.852. The summed E-state index contributed by atoms with van der Waals surface area (Å²) in [5.74, 6) is -0.634. The van der Waals surface area contributed by atoms with E-state index in [2.05, 4.69) is 62.2 Å². The number of alkyl carbamates (subject to hydrolysis) is 1. The van der Waals surface area contributed by atoms with Gasteiger partial charge in [0.25, 0.3) is 0 Å². The Balaban J connectivity index is 4.27. The van der Waals surface area contributed by atoms with E-state index in [0.29, 0.717) is 25.9 Å². The fourth-order valence-electron chi connectivity index (χ4n) is 6.36. The van der Waals surface area contributed by atoms with Gasteiger partial charge in [-0.2, -0.15) is 0 Å². The van der Waals surface area contributed by atoms with Gasteiger partial charge < -0.3 is 24.4 Å². The number of nitrogens with one attached hydrogen (secondary N) is 1. The second kappa shape index (κ2) is 41.8. The van der Waals surface area contributed by atoms with Crippen LogP contribution in [0, 0.1) is 0 Å². The lowest BCUT2D eigenvalue weighted by Gasteiger charge is -2.20. The number of hydrogen-bond donors (Lipinski definition) is 1. The molecule has 0 unspecified atom stereocenters. The molecule has 0 rings (SSSR count). The Morgan fingerprint density at radius 1 is 0.500 bits per heavy atom. The highest BCUT2D eigenvalue weighted by molar-refractivity contribution is 5.70. The molecule has 8 heteroatoms. The first kappa shape index (κ1) is 51.6. The number of hydrogen-bond acceptors (Lipinski definition) is 7. The van der Waals surface area contributed by atoms with Crippen LogP contribution in [0.4, 0.5) is 4.79 Å². The molecule has 0 aromatic heterocycles. The molecule has 0 radical (unpaired) electrons. The van der Waals surface area contributed by atoms with Crippen LogP contribution in [0.25, 0.3) is 0 Å². The van der Waals surface area contributed by atoms with Crippen LogP contribution < -0.4 is 5.32 Å². The summed E-state index contributed by atoms with van der Waals surface area (Å²) in [6.45, 7) is 11.4. The Kier molecular flexibility index (Phi) is 40.0. The minimum absolute atomic E-state index is 0.131. The summed E-state index contributed by atoms with van der Waals surface area (Å²) < 4.78 is 16.5. The molecule has 0 saturated heterocycles. The number of carbonyl (C=O) groups excluding carboxylic acids is 3. The number of unbranched alkanes of at least 4 members (excludes halogenated alkanes) is 22. The van der Waals surface area contributed by atoms with Gasteiger partial charge in [-0.15, -0.1) is 0 Å². The molecule has 0 aliphatic rings. The van der Waals surface area contributed by atoms with Crippen molar-refractivity contribution < 1.29 is 28.6 Å². The van der Waals surface area contributed by atoms with Crippen molar-refractivity contribution in [2.75, 3.05) is 39.4 Å². The molecule has 0 spiro atoms. The number of ether oxygens (including phenoxy) is 3. The number of likely N-dealkylation sites (N-methyl/N-ethyl adjacent to an activating group) is 1. The van der Waals surface area contributed by atoms with Crippen molar-refractivity contribution in [3.05, 3.63) is 24.3 Å². The summed E-state index contributed by atoms with van der Waals surface area (Å²) in [5.41, 5.74) is 0. The first-order valence-corrected chi connectivity index (χ1v) is 22.7. The number of allylic oxidation sites excluding steroid dienone is 4. The molecule has 0 heterocycles. The smallest absolute Gasteiger partial charge is 0.407 e. The SMILES string of the molecule is CCCCCCCCC=CCCCCCCCC(=O)OCC(COC(=O)CCCCCCCC=CCCCCCCCC)OC(=O)NCCN(CC)CC. The number of amides is 1. The van der Waals surface area contributed by atoms with Gasteiger partial charge in [-0.25, -0.2) is 4.79 Å². The molecule has 0 aliphatic carbocycles. The summed E-state index contributed by atoms with van der Waals surface area (Å²) in [6, 6.07) is 0. The maximum absolute atomic E-state index is 12.5. The third kappa shape index (κ3) is 37.9. The van der Waals surface area contributed by atoms with Crippen LogP contribution >= 0.6 is 0 Å². The summed E-state index contributed by atoms with van der Waals surface area (Å²) in [5, 5.41) is 2.76. The molecule has 1 amide bonds. The highest BCUT2D eigenvalue weighted by Gasteiger charge is 2.19. The quantitative estimate of drug-likeness (QED) is 0.0287. The molecule has 1 N–H and O–H groups in total. The molecule has 0 aliphatic heterocycles. The molecule has 54 heavy (non-hydrogen) atoms. The molecule has 0 saturated carbocycles. The molecular formula is C46H86N2O6. The van der Waals surface area contributed by atoms with Gasteiger partial charge in [-0.3, -0.25) is 9.59 Å². The Bertz CT molecular complexity index is 848. The second-order valence-corrected chi connectivity index (χ2v) is 15.0. The zero-order chi connectivity index (χ0) is 39.6. The van der Waals surface area contributed by atoms with E-state index in [9.17, 15) is 14.4 Å². The zero-order valence-corrected chi connectivity index (χ0v) is 35.8. The zero-order valence-electron chi connectivity index (χ0n) is 35.8. The van der Waals surface area contributed by atoms with Gasteiger partial charge in [-0.05, 0) is 77.3 Å². The van der Waals surface area contributed by atoms with E-state index in [1.54, 1.807) is 0 Å². The molecule has 0 atom stereocenters. The first-order chi connectivity index (χ1) is 26.5. The number of rotatable bonds is 40. The van der Waals surface area contributed by atoms with E-state index >= 15 is 0 Å². The average Bonchev–Trinajstić information content (AvgIpc) is 3.17. The molecule has 0 bridgehead atoms. The van der Waals surface area contributed by atoms with E-state index in [1.165, 1.54) is 103 Å². The van der Waals surface area contributed by atoms with Gasteiger partial charge in [0.15, 0.2) is 6.10 Å². The van der Waals surface area contributed by atoms with Crippen LogP contribution in [0.1, 0.15) is 207 Å². The van der Waals surface area contributed by atoms with Crippen LogP contribution in [0.15, 0.2) is 24.3 Å². The van der Waals surface area contributed by atoms with Crippen molar-refractivity contribution in [3.8, 4) is 0 Å². The molecular weight excluding hydrogens is 677 g/mol. The average molecular weight is 763 g/mol. The summed E-state index contributed by atoms with van der Waals surface area (Å²) in [4.78, 5) is 39.7. The van der Waals surface area contributed by atoms with Crippen LogP contribution in [0.3, 0.4) is 0 Å². The van der Waals surface area contributed by atoms with E-state index in [-0.39, 0.29) is 25.2 Å². The third-order valence-corrected chi connectivity index (χ3v) is 10.0. The van der Waals surface area contributed by atoms with Crippen LogP contribution in [-0.2, 0) is 23.8 Å².